The van der Waals surface area contributed by atoms with Crippen LogP contribution >= 0.6 is 11.8 Å². The third kappa shape index (κ3) is 3.93. The number of nitrogens with zero attached hydrogens (tertiary/aromatic N) is 1. The Morgan fingerprint density at radius 1 is 1.17 bits per heavy atom. The van der Waals surface area contributed by atoms with E-state index >= 15 is 0 Å². The lowest BCUT2D eigenvalue weighted by Crippen LogP contribution is -2.22. The summed E-state index contributed by atoms with van der Waals surface area (Å²) < 4.78 is 10.5. The molecule has 0 bridgehead atoms. The van der Waals surface area contributed by atoms with E-state index in [1.165, 1.54) is 31.0 Å². The molecule has 3 rings (SSSR count). The molecule has 0 atom stereocenters. The summed E-state index contributed by atoms with van der Waals surface area (Å²) in [5, 5.41) is 3.59. The number of thioether (sulfide) groups is 1. The molecule has 1 aromatic carbocycles. The number of carbonyl (C=O) groups is 1. The minimum Gasteiger partial charge on any atom is -0.493 e. The Labute approximate surface area is 146 Å². The second-order valence-electron chi connectivity index (χ2n) is 5.91. The average Bonchev–Trinajstić information content (AvgIpc) is 2.94. The van der Waals surface area contributed by atoms with Gasteiger partial charge in [0, 0.05) is 0 Å². The lowest BCUT2D eigenvalue weighted by atomic mass is 9.96. The van der Waals surface area contributed by atoms with Crippen molar-refractivity contribution >= 4 is 28.9 Å². The van der Waals surface area contributed by atoms with E-state index in [1.807, 2.05) is 24.3 Å². The third-order valence-electron chi connectivity index (χ3n) is 4.23. The number of ether oxygens (including phenoxy) is 2. The Balaban J connectivity index is 1.76. The largest absolute Gasteiger partial charge is 0.493 e. The molecule has 0 radical (unpaired) electrons. The van der Waals surface area contributed by atoms with Crippen molar-refractivity contribution in [3.63, 3.8) is 0 Å². The van der Waals surface area contributed by atoms with Gasteiger partial charge in [0.05, 0.1) is 25.2 Å². The van der Waals surface area contributed by atoms with Gasteiger partial charge >= 0.3 is 0 Å². The molecule has 1 N–H and O–H groups in total. The van der Waals surface area contributed by atoms with E-state index in [0.29, 0.717) is 22.4 Å². The quantitative estimate of drug-likeness (QED) is 0.846. The molecular formula is C18H22N2O3S. The van der Waals surface area contributed by atoms with Crippen LogP contribution in [0.25, 0.3) is 6.08 Å². The molecule has 2 fully saturated rings. The minimum absolute atomic E-state index is 0.0932. The number of rotatable bonds is 4. The maximum Gasteiger partial charge on any atom is 0.264 e. The summed E-state index contributed by atoms with van der Waals surface area (Å²) in [7, 11) is 3.20. The summed E-state index contributed by atoms with van der Waals surface area (Å²) in [6, 6.07) is 5.94. The van der Waals surface area contributed by atoms with Crippen LogP contribution in [0.15, 0.2) is 28.1 Å². The zero-order chi connectivity index (χ0) is 16.9. The molecule has 1 saturated carbocycles. The first-order chi connectivity index (χ1) is 11.7. The van der Waals surface area contributed by atoms with Crippen molar-refractivity contribution in [2.75, 3.05) is 14.2 Å². The van der Waals surface area contributed by atoms with Crippen molar-refractivity contribution < 1.29 is 14.3 Å². The van der Waals surface area contributed by atoms with Crippen molar-refractivity contribution in [2.24, 2.45) is 4.99 Å². The predicted molar refractivity (Wildman–Crippen MR) is 97.6 cm³/mol. The Morgan fingerprint density at radius 2 is 1.92 bits per heavy atom. The second kappa shape index (κ2) is 7.75. The van der Waals surface area contributed by atoms with Gasteiger partial charge < -0.3 is 14.8 Å². The van der Waals surface area contributed by atoms with Gasteiger partial charge in [-0.2, -0.15) is 0 Å². The van der Waals surface area contributed by atoms with Crippen molar-refractivity contribution in [3.05, 3.63) is 28.7 Å². The van der Waals surface area contributed by atoms with E-state index in [0.717, 1.165) is 23.6 Å². The minimum atomic E-state index is -0.0932. The fraction of sp³-hybridized carbons (Fsp3) is 0.444. The Bertz CT molecular complexity index is 679. The molecule has 1 heterocycles. The van der Waals surface area contributed by atoms with E-state index in [4.69, 9.17) is 14.5 Å². The van der Waals surface area contributed by atoms with E-state index in [9.17, 15) is 4.79 Å². The van der Waals surface area contributed by atoms with Crippen molar-refractivity contribution in [1.82, 2.24) is 5.32 Å². The predicted octanol–water partition coefficient (Wildman–Crippen LogP) is 3.60. The number of nitrogens with one attached hydrogen (secondary N) is 1. The van der Waals surface area contributed by atoms with Crippen LogP contribution in [0.1, 0.15) is 37.7 Å². The van der Waals surface area contributed by atoms with Gasteiger partial charge in [0.2, 0.25) is 0 Å². The van der Waals surface area contributed by atoms with Crippen LogP contribution in [0.5, 0.6) is 11.5 Å². The topological polar surface area (TPSA) is 59.9 Å². The number of hydrogen-bond donors (Lipinski definition) is 1. The van der Waals surface area contributed by atoms with Gasteiger partial charge in [0.15, 0.2) is 16.7 Å². The smallest absolute Gasteiger partial charge is 0.264 e. The molecule has 24 heavy (non-hydrogen) atoms. The number of hydrogen-bond acceptors (Lipinski definition) is 5. The highest BCUT2D eigenvalue weighted by Crippen LogP contribution is 2.32. The standard InChI is InChI=1S/C18H22N2O3S/c1-22-14-9-8-12(10-15(14)23-2)11-16-17(21)20-18(24-16)19-13-6-4-3-5-7-13/h8-11,13H,3-7H2,1-2H3,(H,19,20,21). The molecule has 1 amide bonds. The number of carbonyl (C=O) groups excluding carboxylic acids is 1. The Morgan fingerprint density at radius 3 is 2.62 bits per heavy atom. The van der Waals surface area contributed by atoms with Gasteiger partial charge in [-0.15, -0.1) is 0 Å². The molecule has 6 heteroatoms. The van der Waals surface area contributed by atoms with E-state index in [2.05, 4.69) is 5.32 Å². The number of aliphatic imine (C=N–C) groups is 1. The molecule has 5 nitrogen and oxygen atoms in total. The zero-order valence-corrected chi connectivity index (χ0v) is 14.8. The first kappa shape index (κ1) is 16.9. The van der Waals surface area contributed by atoms with E-state index < -0.39 is 0 Å². The molecule has 2 aliphatic rings. The number of methoxy groups -OCH3 is 2. The van der Waals surface area contributed by atoms with E-state index in [1.54, 1.807) is 14.2 Å². The summed E-state index contributed by atoms with van der Waals surface area (Å²) in [6.07, 6.45) is 7.85. The maximum absolute atomic E-state index is 12.2. The lowest BCUT2D eigenvalue weighted by molar-refractivity contribution is -0.115. The summed E-state index contributed by atoms with van der Waals surface area (Å²) in [6.45, 7) is 0. The summed E-state index contributed by atoms with van der Waals surface area (Å²) in [5.41, 5.74) is 0.893. The van der Waals surface area contributed by atoms with Crippen LogP contribution in [0.3, 0.4) is 0 Å². The molecule has 1 aliphatic heterocycles. The van der Waals surface area contributed by atoms with Crippen LogP contribution < -0.4 is 14.8 Å². The van der Waals surface area contributed by atoms with Crippen LogP contribution in [0.4, 0.5) is 0 Å². The highest BCUT2D eigenvalue weighted by Gasteiger charge is 2.25. The van der Waals surface area contributed by atoms with Gasteiger partial charge in [0.1, 0.15) is 0 Å². The summed E-state index contributed by atoms with van der Waals surface area (Å²) >= 11 is 1.41. The highest BCUT2D eigenvalue weighted by atomic mass is 32.2. The van der Waals surface area contributed by atoms with Gasteiger partial charge in [0.25, 0.3) is 5.91 Å². The molecule has 1 aliphatic carbocycles. The third-order valence-corrected chi connectivity index (χ3v) is 5.15. The maximum atomic E-state index is 12.2. The lowest BCUT2D eigenvalue weighted by Gasteiger charge is -2.17. The van der Waals surface area contributed by atoms with E-state index in [-0.39, 0.29) is 5.91 Å². The number of benzene rings is 1. The van der Waals surface area contributed by atoms with Crippen LogP contribution in [0, 0.1) is 0 Å². The second-order valence-corrected chi connectivity index (χ2v) is 6.94. The van der Waals surface area contributed by atoms with Crippen LogP contribution in [-0.2, 0) is 4.79 Å². The summed E-state index contributed by atoms with van der Waals surface area (Å²) in [4.78, 5) is 17.5. The fourth-order valence-electron chi connectivity index (χ4n) is 2.96. The van der Waals surface area contributed by atoms with Crippen molar-refractivity contribution in [3.8, 4) is 11.5 Å². The SMILES string of the molecule is COc1ccc(C=C2SC(=NC3CCCCC3)NC2=O)cc1OC. The average molecular weight is 346 g/mol. The molecular weight excluding hydrogens is 324 g/mol. The number of amidine groups is 1. The van der Waals surface area contributed by atoms with Crippen molar-refractivity contribution in [2.45, 2.75) is 38.1 Å². The molecule has 0 spiro atoms. The summed E-state index contributed by atoms with van der Waals surface area (Å²) in [5.74, 6) is 1.22. The van der Waals surface area contributed by atoms with Crippen LogP contribution in [-0.4, -0.2) is 31.3 Å². The monoisotopic (exact) mass is 346 g/mol. The fourth-order valence-corrected chi connectivity index (χ4v) is 3.85. The van der Waals surface area contributed by atoms with Gasteiger partial charge in [-0.05, 0) is 48.4 Å². The number of amides is 1. The van der Waals surface area contributed by atoms with Gasteiger partial charge in [-0.1, -0.05) is 25.3 Å². The Kier molecular flexibility index (Phi) is 5.45. The molecule has 1 saturated heterocycles. The first-order valence-corrected chi connectivity index (χ1v) is 9.02. The molecule has 128 valence electrons. The molecule has 0 aromatic heterocycles. The zero-order valence-electron chi connectivity index (χ0n) is 14.0. The van der Waals surface area contributed by atoms with Crippen LogP contribution in [0.2, 0.25) is 0 Å². The molecule has 1 aromatic rings. The van der Waals surface area contributed by atoms with Gasteiger partial charge in [-0.3, -0.25) is 9.79 Å². The Hall–Kier alpha value is -1.95. The normalized spacial score (nSPS) is 22.0. The molecule has 0 unspecified atom stereocenters. The first-order valence-electron chi connectivity index (χ1n) is 8.20. The highest BCUT2D eigenvalue weighted by molar-refractivity contribution is 8.18. The van der Waals surface area contributed by atoms with Gasteiger partial charge in [-0.25, -0.2) is 0 Å². The van der Waals surface area contributed by atoms with Crippen molar-refractivity contribution in [1.29, 1.82) is 0 Å².